The van der Waals surface area contributed by atoms with Crippen LogP contribution in [0.5, 0.6) is 0 Å². The zero-order chi connectivity index (χ0) is 12.4. The maximum atomic E-state index is 10.8. The Labute approximate surface area is 91.1 Å². The smallest absolute Gasteiger partial charge is 0.409 e. The number of carbonyl (C=O) groups is 3. The first-order valence-corrected chi connectivity index (χ1v) is 4.24. The second-order valence-electron chi connectivity index (χ2n) is 2.43. The maximum absolute atomic E-state index is 10.8. The third kappa shape index (κ3) is 9.84. The molecule has 0 aliphatic heterocycles. The molecule has 0 unspecified atom stereocenters. The molecular weight excluding hydrogens is 220 g/mol. The van der Waals surface area contributed by atoms with E-state index in [2.05, 4.69) is 25.7 Å². The van der Waals surface area contributed by atoms with E-state index in [1.807, 2.05) is 0 Å². The van der Waals surface area contributed by atoms with E-state index in [1.165, 1.54) is 0 Å². The van der Waals surface area contributed by atoms with Crippen LogP contribution < -0.4 is 11.5 Å². The largest absolute Gasteiger partial charge is 0.462 e. The van der Waals surface area contributed by atoms with Crippen molar-refractivity contribution >= 4 is 18.2 Å². The molecule has 0 saturated heterocycles. The quantitative estimate of drug-likeness (QED) is 0.211. The van der Waals surface area contributed by atoms with E-state index >= 15 is 0 Å². The molecule has 0 aliphatic rings. The molecule has 8 heteroatoms. The van der Waals surface area contributed by atoms with Gasteiger partial charge in [-0.25, -0.2) is 14.4 Å². The lowest BCUT2D eigenvalue weighted by molar-refractivity contribution is -0.138. The molecule has 16 heavy (non-hydrogen) atoms. The predicted octanol–water partition coefficient (Wildman–Crippen LogP) is -0.376. The number of primary amides is 2. The van der Waals surface area contributed by atoms with E-state index in [1.54, 1.807) is 0 Å². The van der Waals surface area contributed by atoms with Gasteiger partial charge in [0.2, 0.25) is 0 Å². The molecular formula is C8H12N2O6. The molecule has 0 bridgehead atoms. The minimum atomic E-state index is -1.03. The van der Waals surface area contributed by atoms with Gasteiger partial charge in [-0.2, -0.15) is 0 Å². The van der Waals surface area contributed by atoms with Gasteiger partial charge in [-0.3, -0.25) is 0 Å². The second-order valence-corrected chi connectivity index (χ2v) is 2.43. The fraction of sp³-hybridized carbons (Fsp3) is 0.375. The molecule has 0 radical (unpaired) electrons. The predicted molar refractivity (Wildman–Crippen MR) is 50.9 cm³/mol. The molecule has 0 fully saturated rings. The highest BCUT2D eigenvalue weighted by Crippen LogP contribution is 1.88. The summed E-state index contributed by atoms with van der Waals surface area (Å²) in [6, 6.07) is 0. The van der Waals surface area contributed by atoms with Gasteiger partial charge >= 0.3 is 18.2 Å². The van der Waals surface area contributed by atoms with Crippen molar-refractivity contribution in [2.24, 2.45) is 11.5 Å². The van der Waals surface area contributed by atoms with Crippen molar-refractivity contribution in [2.75, 3.05) is 13.2 Å². The van der Waals surface area contributed by atoms with Gasteiger partial charge < -0.3 is 25.7 Å². The molecule has 90 valence electrons. The zero-order valence-electron chi connectivity index (χ0n) is 8.38. The highest BCUT2D eigenvalue weighted by molar-refractivity contribution is 5.82. The summed E-state index contributed by atoms with van der Waals surface area (Å²) < 4.78 is 13.1. The first-order valence-electron chi connectivity index (χ1n) is 4.24. The van der Waals surface area contributed by atoms with Gasteiger partial charge in [-0.05, 0) is 0 Å². The molecule has 0 aromatic rings. The van der Waals surface area contributed by atoms with Crippen molar-refractivity contribution in [3.63, 3.8) is 0 Å². The summed E-state index contributed by atoms with van der Waals surface area (Å²) in [6.45, 7) is 0.108. The molecule has 0 aromatic heterocycles. The van der Waals surface area contributed by atoms with Crippen LogP contribution in [0.4, 0.5) is 9.59 Å². The number of nitrogens with two attached hydrogens (primary N) is 2. The van der Waals surface area contributed by atoms with Crippen LogP contribution in [-0.2, 0) is 19.0 Å². The Balaban J connectivity index is 3.47. The highest BCUT2D eigenvalue weighted by atomic mass is 16.6. The van der Waals surface area contributed by atoms with Gasteiger partial charge in [0, 0.05) is 6.42 Å². The van der Waals surface area contributed by atoms with E-state index < -0.39 is 18.2 Å². The fourth-order valence-electron chi connectivity index (χ4n) is 0.609. The Morgan fingerprint density at radius 1 is 1.00 bits per heavy atom. The summed E-state index contributed by atoms with van der Waals surface area (Å²) in [4.78, 5) is 31.1. The molecule has 0 spiro atoms. The van der Waals surface area contributed by atoms with Gasteiger partial charge in [0.15, 0.2) is 0 Å². The van der Waals surface area contributed by atoms with Crippen LogP contribution in [0.1, 0.15) is 6.42 Å². The lowest BCUT2D eigenvalue weighted by Crippen LogP contribution is -2.15. The van der Waals surface area contributed by atoms with E-state index in [0.29, 0.717) is 6.42 Å². The van der Waals surface area contributed by atoms with Crippen LogP contribution in [0.15, 0.2) is 12.3 Å². The molecule has 2 amide bonds. The van der Waals surface area contributed by atoms with E-state index in [-0.39, 0.29) is 13.2 Å². The Morgan fingerprint density at radius 3 is 2.19 bits per heavy atom. The van der Waals surface area contributed by atoms with Gasteiger partial charge in [-0.1, -0.05) is 0 Å². The Kier molecular flexibility index (Phi) is 6.95. The average Bonchev–Trinajstić information content (AvgIpc) is 2.16. The van der Waals surface area contributed by atoms with E-state index in [9.17, 15) is 14.4 Å². The number of hydrogen-bond acceptors (Lipinski definition) is 6. The Morgan fingerprint density at radius 2 is 1.62 bits per heavy atom. The van der Waals surface area contributed by atoms with Crippen molar-refractivity contribution in [1.82, 2.24) is 0 Å². The third-order valence-corrected chi connectivity index (χ3v) is 1.17. The third-order valence-electron chi connectivity index (χ3n) is 1.17. The Bertz CT molecular complexity index is 288. The minimum absolute atomic E-state index is 0.0486. The summed E-state index contributed by atoms with van der Waals surface area (Å²) in [6.07, 6.45) is 0.101. The molecule has 8 nitrogen and oxygen atoms in total. The molecule has 0 aromatic carbocycles. The van der Waals surface area contributed by atoms with Crippen molar-refractivity contribution in [1.29, 1.82) is 0 Å². The summed E-state index contributed by atoms with van der Waals surface area (Å²) in [7, 11) is 0. The average molecular weight is 232 g/mol. The number of hydrogen-bond donors (Lipinski definition) is 2. The second kappa shape index (κ2) is 8.09. The van der Waals surface area contributed by atoms with Gasteiger partial charge in [0.25, 0.3) is 0 Å². The lowest BCUT2D eigenvalue weighted by atomic mass is 10.5. The van der Waals surface area contributed by atoms with Crippen molar-refractivity contribution in [3.05, 3.63) is 12.3 Å². The molecule has 0 atom stereocenters. The van der Waals surface area contributed by atoms with Crippen LogP contribution in [0.3, 0.4) is 0 Å². The SMILES string of the molecule is NC(=O)OC=CC(=O)OCCCOC(N)=O. The van der Waals surface area contributed by atoms with Crippen LogP contribution in [0, 0.1) is 0 Å². The van der Waals surface area contributed by atoms with Crippen molar-refractivity contribution < 1.29 is 28.6 Å². The first kappa shape index (κ1) is 13.8. The number of amides is 2. The number of carbonyl (C=O) groups excluding carboxylic acids is 3. The first-order chi connectivity index (χ1) is 7.52. The molecule has 4 N–H and O–H groups in total. The molecule has 0 heterocycles. The van der Waals surface area contributed by atoms with Crippen LogP contribution >= 0.6 is 0 Å². The summed E-state index contributed by atoms with van der Waals surface area (Å²) >= 11 is 0. The minimum Gasteiger partial charge on any atom is -0.462 e. The standard InChI is InChI=1S/C8H12N2O6/c9-7(12)15-4-1-3-14-6(11)2-5-16-8(10)13/h2,5H,1,3-4H2,(H2,9,12)(H2,10,13). The van der Waals surface area contributed by atoms with Crippen molar-refractivity contribution in [3.8, 4) is 0 Å². The van der Waals surface area contributed by atoms with Gasteiger partial charge in [-0.15, -0.1) is 0 Å². The monoisotopic (exact) mass is 232 g/mol. The summed E-state index contributed by atoms with van der Waals surface area (Å²) in [5.41, 5.74) is 9.31. The van der Waals surface area contributed by atoms with E-state index in [4.69, 9.17) is 0 Å². The van der Waals surface area contributed by atoms with Crippen LogP contribution in [0.25, 0.3) is 0 Å². The number of ether oxygens (including phenoxy) is 3. The molecule has 0 rings (SSSR count). The van der Waals surface area contributed by atoms with Gasteiger partial charge in [0.1, 0.15) is 6.26 Å². The topological polar surface area (TPSA) is 131 Å². The van der Waals surface area contributed by atoms with E-state index in [0.717, 1.165) is 12.3 Å². The normalized spacial score (nSPS) is 9.75. The lowest BCUT2D eigenvalue weighted by Gasteiger charge is -2.01. The number of rotatable bonds is 6. The molecule has 0 saturated carbocycles. The summed E-state index contributed by atoms with van der Waals surface area (Å²) in [5, 5.41) is 0. The maximum Gasteiger partial charge on any atom is 0.409 e. The van der Waals surface area contributed by atoms with Crippen LogP contribution in [-0.4, -0.2) is 31.4 Å². The Hall–Kier alpha value is -2.25. The van der Waals surface area contributed by atoms with Gasteiger partial charge in [0.05, 0.1) is 19.3 Å². The molecule has 0 aliphatic carbocycles. The zero-order valence-corrected chi connectivity index (χ0v) is 8.38. The number of esters is 1. The van der Waals surface area contributed by atoms with Crippen LogP contribution in [0.2, 0.25) is 0 Å². The fourth-order valence-corrected chi connectivity index (χ4v) is 0.609. The van der Waals surface area contributed by atoms with Crippen molar-refractivity contribution in [2.45, 2.75) is 6.42 Å². The summed E-state index contributed by atoms with van der Waals surface area (Å²) in [5.74, 6) is -0.708. The highest BCUT2D eigenvalue weighted by Gasteiger charge is 1.98.